The summed E-state index contributed by atoms with van der Waals surface area (Å²) in [6.45, 7) is 0.193. The predicted molar refractivity (Wildman–Crippen MR) is 56.1 cm³/mol. The van der Waals surface area contributed by atoms with Gasteiger partial charge in [0.25, 0.3) is 0 Å². The van der Waals surface area contributed by atoms with Crippen LogP contribution in [0.15, 0.2) is 6.07 Å². The van der Waals surface area contributed by atoms with Gasteiger partial charge in [0.05, 0.1) is 12.2 Å². The van der Waals surface area contributed by atoms with E-state index in [-0.39, 0.29) is 12.3 Å². The van der Waals surface area contributed by atoms with Gasteiger partial charge in [0.15, 0.2) is 5.69 Å². The Bertz CT molecular complexity index is 477. The summed E-state index contributed by atoms with van der Waals surface area (Å²) in [5.74, 6) is -2.08. The highest BCUT2D eigenvalue weighted by Gasteiger charge is 2.34. The van der Waals surface area contributed by atoms with E-state index in [1.54, 1.807) is 0 Å². The number of hydrogen-bond donors (Lipinski definition) is 1. The van der Waals surface area contributed by atoms with Crippen LogP contribution in [0, 0.1) is 0 Å². The third-order valence-electron chi connectivity index (χ3n) is 1.95. The smallest absolute Gasteiger partial charge is 0.461 e. The van der Waals surface area contributed by atoms with Gasteiger partial charge in [-0.1, -0.05) is 0 Å². The lowest BCUT2D eigenvalue weighted by Crippen LogP contribution is -2.20. The summed E-state index contributed by atoms with van der Waals surface area (Å²) in [6.07, 6.45) is -5.07. The van der Waals surface area contributed by atoms with Crippen molar-refractivity contribution in [1.29, 1.82) is 0 Å². The Balaban J connectivity index is 3.22. The molecule has 0 radical (unpaired) electrons. The maximum Gasteiger partial charge on any atom is 0.574 e. The highest BCUT2D eigenvalue weighted by molar-refractivity contribution is 5.88. The number of nitrogen functional groups attached to an aromatic ring is 1. The highest BCUT2D eigenvalue weighted by Crippen LogP contribution is 2.29. The molecular formula is C10H10F4N2O3. The molecule has 0 aliphatic heterocycles. The number of carbonyl (C=O) groups excluding carboxylic acids is 1. The van der Waals surface area contributed by atoms with Crippen LogP contribution < -0.4 is 10.5 Å². The zero-order valence-corrected chi connectivity index (χ0v) is 9.75. The Labute approximate surface area is 105 Å². The number of nitrogens with two attached hydrogens (primary N) is 1. The van der Waals surface area contributed by atoms with Crippen molar-refractivity contribution < 1.29 is 31.8 Å². The number of ether oxygens (including phenoxy) is 2. The van der Waals surface area contributed by atoms with Crippen LogP contribution in [0.4, 0.5) is 23.2 Å². The maximum absolute atomic E-state index is 12.6. The minimum atomic E-state index is -5.07. The molecule has 0 spiro atoms. The first-order valence-corrected chi connectivity index (χ1v) is 5.06. The molecule has 0 aliphatic carbocycles. The number of esters is 1. The molecule has 0 bridgehead atoms. The van der Waals surface area contributed by atoms with Crippen LogP contribution >= 0.6 is 0 Å². The van der Waals surface area contributed by atoms with Gasteiger partial charge in [0.1, 0.15) is 6.67 Å². The molecular weight excluding hydrogens is 272 g/mol. The van der Waals surface area contributed by atoms with E-state index in [0.29, 0.717) is 0 Å². The lowest BCUT2D eigenvalue weighted by molar-refractivity contribution is -0.276. The number of halogens is 4. The topological polar surface area (TPSA) is 74.4 Å². The van der Waals surface area contributed by atoms with Crippen LogP contribution in [0.3, 0.4) is 0 Å². The van der Waals surface area contributed by atoms with Crippen LogP contribution in [0.1, 0.15) is 23.0 Å². The largest absolute Gasteiger partial charge is 0.574 e. The van der Waals surface area contributed by atoms with Gasteiger partial charge < -0.3 is 15.2 Å². The van der Waals surface area contributed by atoms with Crippen LogP contribution in [-0.2, 0) is 11.4 Å². The average Bonchev–Trinajstić information content (AvgIpc) is 2.26. The van der Waals surface area contributed by atoms with Crippen molar-refractivity contribution in [2.24, 2.45) is 0 Å². The Morgan fingerprint density at radius 1 is 1.47 bits per heavy atom. The second kappa shape index (κ2) is 5.72. The van der Waals surface area contributed by atoms with Crippen LogP contribution in [-0.4, -0.2) is 23.9 Å². The number of anilines is 1. The molecule has 0 fully saturated rings. The van der Waals surface area contributed by atoms with Crippen molar-refractivity contribution in [2.75, 3.05) is 12.3 Å². The van der Waals surface area contributed by atoms with E-state index in [9.17, 15) is 22.4 Å². The molecule has 19 heavy (non-hydrogen) atoms. The number of carbonyl (C=O) groups is 1. The predicted octanol–water partition coefficient (Wildman–Crippen LogP) is 2.21. The van der Waals surface area contributed by atoms with Gasteiger partial charge in [-0.15, -0.1) is 13.2 Å². The third-order valence-corrected chi connectivity index (χ3v) is 1.95. The number of rotatable bonds is 4. The number of alkyl halides is 4. The summed E-state index contributed by atoms with van der Waals surface area (Å²) in [7, 11) is 0. The molecule has 1 aromatic heterocycles. The summed E-state index contributed by atoms with van der Waals surface area (Å²) in [5, 5.41) is 0. The molecule has 9 heteroatoms. The summed E-state index contributed by atoms with van der Waals surface area (Å²) in [6, 6.07) is 0.927. The monoisotopic (exact) mass is 282 g/mol. The Morgan fingerprint density at radius 2 is 2.11 bits per heavy atom. The fraction of sp³-hybridized carbons (Fsp3) is 0.400. The van der Waals surface area contributed by atoms with Crippen LogP contribution in [0.2, 0.25) is 0 Å². The third kappa shape index (κ3) is 3.97. The second-order valence-corrected chi connectivity index (χ2v) is 3.28. The fourth-order valence-corrected chi connectivity index (χ4v) is 1.20. The van der Waals surface area contributed by atoms with Gasteiger partial charge in [-0.05, 0) is 13.0 Å². The fourth-order valence-electron chi connectivity index (χ4n) is 1.20. The first kappa shape index (κ1) is 15.0. The zero-order valence-electron chi connectivity index (χ0n) is 9.75. The molecule has 0 atom stereocenters. The Morgan fingerprint density at radius 3 is 2.58 bits per heavy atom. The average molecular weight is 282 g/mol. The lowest BCUT2D eigenvalue weighted by Gasteiger charge is -2.13. The Hall–Kier alpha value is -2.06. The molecule has 0 aromatic carbocycles. The van der Waals surface area contributed by atoms with Crippen molar-refractivity contribution in [3.63, 3.8) is 0 Å². The van der Waals surface area contributed by atoms with Gasteiger partial charge in [0.2, 0.25) is 5.88 Å². The number of aromatic nitrogens is 1. The van der Waals surface area contributed by atoms with Gasteiger partial charge in [-0.3, -0.25) is 0 Å². The van der Waals surface area contributed by atoms with Crippen molar-refractivity contribution in [3.05, 3.63) is 17.3 Å². The molecule has 2 N–H and O–H groups in total. The van der Waals surface area contributed by atoms with Crippen LogP contribution in [0.5, 0.6) is 5.88 Å². The van der Waals surface area contributed by atoms with E-state index in [2.05, 4.69) is 14.5 Å². The molecule has 106 valence electrons. The maximum atomic E-state index is 12.6. The molecule has 1 heterocycles. The summed E-state index contributed by atoms with van der Waals surface area (Å²) in [4.78, 5) is 14.6. The second-order valence-electron chi connectivity index (χ2n) is 3.28. The van der Waals surface area contributed by atoms with Crippen molar-refractivity contribution in [3.8, 4) is 5.88 Å². The first-order valence-electron chi connectivity index (χ1n) is 5.06. The molecule has 0 aliphatic rings. The van der Waals surface area contributed by atoms with E-state index in [0.717, 1.165) is 6.07 Å². The van der Waals surface area contributed by atoms with E-state index in [1.165, 1.54) is 6.92 Å². The summed E-state index contributed by atoms with van der Waals surface area (Å²) < 4.78 is 57.1. The molecule has 1 aromatic rings. The van der Waals surface area contributed by atoms with Crippen LogP contribution in [0.25, 0.3) is 0 Å². The van der Waals surface area contributed by atoms with E-state index in [1.807, 2.05) is 0 Å². The highest BCUT2D eigenvalue weighted by atomic mass is 19.4. The van der Waals surface area contributed by atoms with E-state index < -0.39 is 36.1 Å². The summed E-state index contributed by atoms with van der Waals surface area (Å²) in [5.41, 5.74) is 3.91. The number of hydrogen-bond acceptors (Lipinski definition) is 5. The van der Waals surface area contributed by atoms with Gasteiger partial charge in [0, 0.05) is 5.69 Å². The minimum absolute atomic E-state index is 0.000736. The van der Waals surface area contributed by atoms with Gasteiger partial charge in [-0.25, -0.2) is 14.2 Å². The van der Waals surface area contributed by atoms with Crippen molar-refractivity contribution >= 4 is 11.7 Å². The van der Waals surface area contributed by atoms with E-state index >= 15 is 0 Å². The molecule has 0 saturated carbocycles. The minimum Gasteiger partial charge on any atom is -0.461 e. The van der Waals surface area contributed by atoms with Gasteiger partial charge >= 0.3 is 12.3 Å². The molecule has 0 amide bonds. The standard InChI is InChI=1S/C10H10F4N2O3/c1-2-18-9(17)7-3-6(15)5(4-11)8(16-7)19-10(12,13)14/h3H,2,4H2,1H3,(H2,15,16). The molecule has 5 nitrogen and oxygen atoms in total. The molecule has 1 rings (SSSR count). The van der Waals surface area contributed by atoms with Crippen molar-refractivity contribution in [2.45, 2.75) is 20.0 Å². The van der Waals surface area contributed by atoms with E-state index in [4.69, 9.17) is 5.73 Å². The molecule has 0 unspecified atom stereocenters. The number of pyridine rings is 1. The normalized spacial score (nSPS) is 11.2. The SMILES string of the molecule is CCOC(=O)c1cc(N)c(CF)c(OC(F)(F)F)n1. The van der Waals surface area contributed by atoms with Crippen molar-refractivity contribution in [1.82, 2.24) is 4.98 Å². The van der Waals surface area contributed by atoms with Gasteiger partial charge in [-0.2, -0.15) is 0 Å². The molecule has 0 saturated heterocycles. The first-order chi connectivity index (χ1) is 8.78. The quantitative estimate of drug-likeness (QED) is 0.677. The summed E-state index contributed by atoms with van der Waals surface area (Å²) >= 11 is 0. The zero-order chi connectivity index (χ0) is 14.6. The number of nitrogens with zero attached hydrogens (tertiary/aromatic N) is 1. The Kier molecular flexibility index (Phi) is 4.52. The lowest BCUT2D eigenvalue weighted by atomic mass is 10.2.